The van der Waals surface area contributed by atoms with Crippen LogP contribution < -0.4 is 26.2 Å². The van der Waals surface area contributed by atoms with Gasteiger partial charge in [-0.05, 0) is 75.9 Å². The van der Waals surface area contributed by atoms with Gasteiger partial charge in [0, 0.05) is 34.1 Å². The van der Waals surface area contributed by atoms with Crippen molar-refractivity contribution in [2.24, 2.45) is 0 Å². The van der Waals surface area contributed by atoms with E-state index in [1.165, 1.54) is 44.7 Å². The molecule has 0 aromatic heterocycles. The van der Waals surface area contributed by atoms with E-state index in [0.29, 0.717) is 0 Å². The first kappa shape index (κ1) is 23.2. The maximum absolute atomic E-state index is 4.18. The summed E-state index contributed by atoms with van der Waals surface area (Å²) in [6.07, 6.45) is 5.82. The minimum absolute atomic E-state index is 0.0283. The summed E-state index contributed by atoms with van der Waals surface area (Å²) in [5.74, 6) is 0. The first-order valence-corrected chi connectivity index (χ1v) is 12.9. The molecule has 0 radical (unpaired) electrons. The zero-order chi connectivity index (χ0) is 25.7. The fourth-order valence-corrected chi connectivity index (χ4v) is 5.82. The average Bonchev–Trinajstić information content (AvgIpc) is 2.91. The van der Waals surface area contributed by atoms with Gasteiger partial charge in [0.2, 0.25) is 0 Å². The number of hydrogen-bond donors (Lipinski definition) is 0. The van der Waals surface area contributed by atoms with Gasteiger partial charge >= 0.3 is 0 Å². The number of hydrogen-bond acceptors (Lipinski definition) is 2. The number of anilines is 5. The number of rotatable bonds is 4. The monoisotopic (exact) mass is 478 g/mol. The summed E-state index contributed by atoms with van der Waals surface area (Å²) >= 11 is 0. The van der Waals surface area contributed by atoms with E-state index >= 15 is 0 Å². The maximum atomic E-state index is 4.18. The van der Waals surface area contributed by atoms with Crippen LogP contribution in [0.4, 0.5) is 28.4 Å². The second kappa shape index (κ2) is 8.71. The normalized spacial score (nSPS) is 14.0. The lowest BCUT2D eigenvalue weighted by Gasteiger charge is -2.45. The minimum Gasteiger partial charge on any atom is -0.311 e. The topological polar surface area (TPSA) is 6.48 Å². The predicted octanol–water partition coefficient (Wildman–Crippen LogP) is 6.99. The molecule has 0 atom stereocenters. The molecule has 0 spiro atoms. The molecule has 2 heterocycles. The molecule has 2 aliphatic heterocycles. The van der Waals surface area contributed by atoms with E-state index in [-0.39, 0.29) is 12.1 Å². The third-order valence-corrected chi connectivity index (χ3v) is 7.52. The summed E-state index contributed by atoms with van der Waals surface area (Å²) in [6.45, 7) is 15.2. The van der Waals surface area contributed by atoms with Crippen LogP contribution in [0.5, 0.6) is 0 Å². The van der Waals surface area contributed by atoms with Crippen molar-refractivity contribution in [3.63, 3.8) is 0 Å². The van der Waals surface area contributed by atoms with Crippen molar-refractivity contribution < 1.29 is 0 Å². The zero-order valence-corrected chi connectivity index (χ0v) is 21.8. The summed E-state index contributed by atoms with van der Waals surface area (Å²) < 4.78 is 0. The number of fused-ring (bicyclic) bond motifs is 4. The second-order valence-electron chi connectivity index (χ2n) is 10.8. The molecule has 0 aliphatic carbocycles. The Labute approximate surface area is 221 Å². The molecule has 2 aliphatic rings. The Kier molecular flexibility index (Phi) is 5.45. The standard InChI is InChI=1S/C34H31BN2/c1-6-15-25(7-2)36-29-20-13-11-18-27(29)35-28-19-12-14-21-30(28)37(26-16-9-8-10-17-26)32-23-24(34(3,4)5)22-31(36)33(32)35/h6-23H,1-2H2,3-5H3/b25-15+. The van der Waals surface area contributed by atoms with Gasteiger partial charge in [0.25, 0.3) is 6.71 Å². The lowest BCUT2D eigenvalue weighted by molar-refractivity contribution is 0.590. The molecule has 0 bridgehead atoms. The van der Waals surface area contributed by atoms with Crippen LogP contribution in [0.3, 0.4) is 0 Å². The molecule has 4 aromatic carbocycles. The summed E-state index contributed by atoms with van der Waals surface area (Å²) in [4.78, 5) is 4.81. The first-order valence-electron chi connectivity index (χ1n) is 12.9. The Hall–Kier alpha value is -4.24. The highest BCUT2D eigenvalue weighted by molar-refractivity contribution is 7.00. The molecule has 0 amide bonds. The Bertz CT molecular complexity index is 1560. The van der Waals surface area contributed by atoms with Gasteiger partial charge in [-0.15, -0.1) is 0 Å². The zero-order valence-electron chi connectivity index (χ0n) is 21.8. The number of nitrogens with zero attached hydrogens (tertiary/aromatic N) is 2. The lowest BCUT2D eigenvalue weighted by Crippen LogP contribution is -2.61. The van der Waals surface area contributed by atoms with Crippen LogP contribution >= 0.6 is 0 Å². The molecule has 6 rings (SSSR count). The molecule has 37 heavy (non-hydrogen) atoms. The van der Waals surface area contributed by atoms with Crippen LogP contribution in [0.2, 0.25) is 0 Å². The van der Waals surface area contributed by atoms with Crippen LogP contribution in [0.15, 0.2) is 128 Å². The number of allylic oxidation sites excluding steroid dienone is 3. The molecule has 2 nitrogen and oxygen atoms in total. The largest absolute Gasteiger partial charge is 0.311 e. The molecule has 0 saturated carbocycles. The van der Waals surface area contributed by atoms with Crippen LogP contribution in [-0.4, -0.2) is 6.71 Å². The van der Waals surface area contributed by atoms with Gasteiger partial charge in [0.1, 0.15) is 0 Å². The van der Waals surface area contributed by atoms with E-state index in [0.717, 1.165) is 11.4 Å². The number of para-hydroxylation sites is 3. The highest BCUT2D eigenvalue weighted by atomic mass is 15.2. The van der Waals surface area contributed by atoms with Crippen LogP contribution in [0.25, 0.3) is 0 Å². The minimum atomic E-state index is -0.0283. The van der Waals surface area contributed by atoms with Crippen molar-refractivity contribution >= 4 is 51.5 Å². The summed E-state index contributed by atoms with van der Waals surface area (Å²) in [6, 6.07) is 33.2. The highest BCUT2D eigenvalue weighted by Gasteiger charge is 2.43. The Balaban J connectivity index is 1.78. The molecule has 180 valence electrons. The van der Waals surface area contributed by atoms with Gasteiger partial charge in [-0.3, -0.25) is 0 Å². The van der Waals surface area contributed by atoms with E-state index in [4.69, 9.17) is 0 Å². The van der Waals surface area contributed by atoms with Crippen molar-refractivity contribution in [2.45, 2.75) is 26.2 Å². The molecule has 0 fully saturated rings. The SMILES string of the molecule is C=C/C=C(\C=C)N1c2ccccc2B2c3ccccc3N(c3ccccc3)c3cc(C(C)(C)C)cc1c32. The Morgan fingerprint density at radius 3 is 1.97 bits per heavy atom. The van der Waals surface area contributed by atoms with Gasteiger partial charge in [-0.1, -0.05) is 94.6 Å². The smallest absolute Gasteiger partial charge is 0.252 e. The van der Waals surface area contributed by atoms with E-state index in [1.807, 2.05) is 18.2 Å². The third kappa shape index (κ3) is 3.57. The van der Waals surface area contributed by atoms with Crippen LogP contribution in [-0.2, 0) is 5.41 Å². The molecular weight excluding hydrogens is 447 g/mol. The molecule has 0 N–H and O–H groups in total. The lowest BCUT2D eigenvalue weighted by atomic mass is 9.33. The summed E-state index contributed by atoms with van der Waals surface area (Å²) in [5.41, 5.74) is 12.3. The average molecular weight is 478 g/mol. The second-order valence-corrected chi connectivity index (χ2v) is 10.8. The van der Waals surface area contributed by atoms with Crippen LogP contribution in [0.1, 0.15) is 26.3 Å². The van der Waals surface area contributed by atoms with Crippen molar-refractivity contribution in [3.05, 3.63) is 134 Å². The molecule has 0 saturated heterocycles. The predicted molar refractivity (Wildman–Crippen MR) is 162 cm³/mol. The quantitative estimate of drug-likeness (QED) is 0.203. The van der Waals surface area contributed by atoms with Gasteiger partial charge < -0.3 is 9.80 Å². The van der Waals surface area contributed by atoms with Gasteiger partial charge in [0.15, 0.2) is 0 Å². The fraction of sp³-hybridized carbons (Fsp3) is 0.118. The molecule has 4 aromatic rings. The molecule has 3 heteroatoms. The van der Waals surface area contributed by atoms with Gasteiger partial charge in [0.05, 0.1) is 0 Å². The van der Waals surface area contributed by atoms with Crippen molar-refractivity contribution in [2.75, 3.05) is 9.80 Å². The third-order valence-electron chi connectivity index (χ3n) is 7.52. The van der Waals surface area contributed by atoms with E-state index in [1.54, 1.807) is 0 Å². The molecular formula is C34H31BN2. The van der Waals surface area contributed by atoms with Gasteiger partial charge in [-0.25, -0.2) is 0 Å². The maximum Gasteiger partial charge on any atom is 0.252 e. The van der Waals surface area contributed by atoms with Crippen molar-refractivity contribution in [1.82, 2.24) is 0 Å². The van der Waals surface area contributed by atoms with E-state index in [9.17, 15) is 0 Å². The fourth-order valence-electron chi connectivity index (χ4n) is 5.82. The van der Waals surface area contributed by atoms with Gasteiger partial charge in [-0.2, -0.15) is 0 Å². The summed E-state index contributed by atoms with van der Waals surface area (Å²) in [5, 5.41) is 0. The Morgan fingerprint density at radius 2 is 1.32 bits per heavy atom. The molecule has 0 unspecified atom stereocenters. The first-order chi connectivity index (χ1) is 17.9. The number of benzene rings is 4. The Morgan fingerprint density at radius 1 is 0.730 bits per heavy atom. The van der Waals surface area contributed by atoms with E-state index in [2.05, 4.69) is 135 Å². The van der Waals surface area contributed by atoms with Crippen molar-refractivity contribution in [1.29, 1.82) is 0 Å². The summed E-state index contributed by atoms with van der Waals surface area (Å²) in [7, 11) is 0. The van der Waals surface area contributed by atoms with E-state index < -0.39 is 0 Å². The van der Waals surface area contributed by atoms with Crippen LogP contribution in [0, 0.1) is 0 Å². The van der Waals surface area contributed by atoms with Crippen molar-refractivity contribution in [3.8, 4) is 0 Å². The highest BCUT2D eigenvalue weighted by Crippen LogP contribution is 2.44.